The van der Waals surface area contributed by atoms with Gasteiger partial charge in [0.1, 0.15) is 22.3 Å². The summed E-state index contributed by atoms with van der Waals surface area (Å²) >= 11 is 0.926. The van der Waals surface area contributed by atoms with Gasteiger partial charge in [0, 0.05) is 25.7 Å². The number of nitrogens with one attached hydrogen (secondary N) is 2. The molecular formula is C26H31F2N5O3S2. The molecule has 3 aromatic rings. The van der Waals surface area contributed by atoms with Crippen molar-refractivity contribution < 1.29 is 22.0 Å². The predicted octanol–water partition coefficient (Wildman–Crippen LogP) is 3.93. The van der Waals surface area contributed by atoms with E-state index in [1.165, 1.54) is 21.5 Å². The summed E-state index contributed by atoms with van der Waals surface area (Å²) in [5.74, 6) is -2.83. The van der Waals surface area contributed by atoms with Crippen molar-refractivity contribution in [2.75, 3.05) is 36.4 Å². The third kappa shape index (κ3) is 6.93. The van der Waals surface area contributed by atoms with E-state index in [9.17, 15) is 22.0 Å². The van der Waals surface area contributed by atoms with Gasteiger partial charge in [0.2, 0.25) is 15.8 Å². The standard InChI is InChI=1S/C26H31F2N5O3S2/c1-17-5-2-6-18(15-17)16-30-11-4-14-38(35,36)33-12-9-19(10-13-33)31-26-32-25(29)24(37-26)23(34)22-20(27)7-3-8-21(22)28/h2-3,5-8,15,19,30H,4,9-14,16,29H2,1H3,(H,31,32). The fourth-order valence-electron chi connectivity index (χ4n) is 4.40. The normalized spacial score (nSPS) is 15.0. The Morgan fingerprint density at radius 1 is 1.16 bits per heavy atom. The van der Waals surface area contributed by atoms with E-state index in [1.54, 1.807) is 0 Å². The highest BCUT2D eigenvalue weighted by molar-refractivity contribution is 7.89. The van der Waals surface area contributed by atoms with Crippen molar-refractivity contribution in [2.45, 2.75) is 38.8 Å². The molecule has 0 bridgehead atoms. The third-order valence-electron chi connectivity index (χ3n) is 6.39. The number of rotatable bonds is 11. The van der Waals surface area contributed by atoms with Gasteiger partial charge >= 0.3 is 0 Å². The van der Waals surface area contributed by atoms with E-state index in [2.05, 4.69) is 21.7 Å². The lowest BCUT2D eigenvalue weighted by Crippen LogP contribution is -2.43. The number of hydrogen-bond acceptors (Lipinski definition) is 8. The van der Waals surface area contributed by atoms with Crippen molar-refractivity contribution in [1.29, 1.82) is 0 Å². The van der Waals surface area contributed by atoms with E-state index in [0.717, 1.165) is 23.5 Å². The second-order valence-electron chi connectivity index (χ2n) is 9.31. The Bertz CT molecular complexity index is 1370. The molecule has 1 aliphatic rings. The zero-order valence-corrected chi connectivity index (χ0v) is 22.7. The number of sulfonamides is 1. The lowest BCUT2D eigenvalue weighted by atomic mass is 10.1. The first-order valence-corrected chi connectivity index (χ1v) is 14.8. The minimum absolute atomic E-state index is 0.0486. The number of nitrogens with two attached hydrogens (primary N) is 1. The molecule has 0 atom stereocenters. The number of piperidine rings is 1. The first-order valence-electron chi connectivity index (χ1n) is 12.4. The molecule has 0 aliphatic carbocycles. The van der Waals surface area contributed by atoms with Crippen molar-refractivity contribution in [3.05, 3.63) is 75.7 Å². The molecule has 0 saturated carbocycles. The number of carbonyl (C=O) groups excluding carboxylic acids is 1. The number of aryl methyl sites for hydroxylation is 1. The average Bonchev–Trinajstić information content (AvgIpc) is 3.23. The fourth-order valence-corrected chi connectivity index (χ4v) is 6.84. The van der Waals surface area contributed by atoms with Crippen LogP contribution in [0.1, 0.15) is 45.6 Å². The number of aromatic nitrogens is 1. The smallest absolute Gasteiger partial charge is 0.214 e. The molecule has 2 aromatic carbocycles. The second-order valence-corrected chi connectivity index (χ2v) is 12.4. The SMILES string of the molecule is Cc1cccc(CNCCCS(=O)(=O)N2CCC(Nc3nc(N)c(C(=O)c4c(F)cccc4F)s3)CC2)c1. The number of benzene rings is 2. The Balaban J connectivity index is 1.24. The van der Waals surface area contributed by atoms with Crippen LogP contribution in [0.25, 0.3) is 0 Å². The van der Waals surface area contributed by atoms with Crippen molar-refractivity contribution in [2.24, 2.45) is 0 Å². The molecule has 204 valence electrons. The van der Waals surface area contributed by atoms with E-state index in [1.807, 2.05) is 25.1 Å². The first-order chi connectivity index (χ1) is 18.1. The van der Waals surface area contributed by atoms with Gasteiger partial charge in [-0.05, 0) is 50.4 Å². The summed E-state index contributed by atoms with van der Waals surface area (Å²) in [6.45, 7) is 4.07. The van der Waals surface area contributed by atoms with Crippen LogP contribution in [-0.4, -0.2) is 54.9 Å². The zero-order valence-electron chi connectivity index (χ0n) is 21.0. The fraction of sp³-hybridized carbons (Fsp3) is 0.385. The van der Waals surface area contributed by atoms with Crippen LogP contribution in [0.4, 0.5) is 19.7 Å². The number of nitrogens with zero attached hydrogens (tertiary/aromatic N) is 2. The number of halogens is 2. The van der Waals surface area contributed by atoms with Crippen LogP contribution in [0.5, 0.6) is 0 Å². The highest BCUT2D eigenvalue weighted by Crippen LogP contribution is 2.30. The van der Waals surface area contributed by atoms with Crippen molar-refractivity contribution >= 4 is 38.1 Å². The average molecular weight is 564 g/mol. The summed E-state index contributed by atoms with van der Waals surface area (Å²) in [7, 11) is -3.37. The van der Waals surface area contributed by atoms with Crippen LogP contribution in [0, 0.1) is 18.6 Å². The molecule has 0 radical (unpaired) electrons. The number of anilines is 2. The predicted molar refractivity (Wildman–Crippen MR) is 146 cm³/mol. The van der Waals surface area contributed by atoms with Gasteiger partial charge in [0.05, 0.1) is 11.3 Å². The van der Waals surface area contributed by atoms with Crippen LogP contribution < -0.4 is 16.4 Å². The maximum absolute atomic E-state index is 14.0. The maximum Gasteiger partial charge on any atom is 0.214 e. The minimum atomic E-state index is -3.37. The first kappa shape index (κ1) is 28.1. The molecule has 1 fully saturated rings. The highest BCUT2D eigenvalue weighted by Gasteiger charge is 2.29. The molecule has 4 N–H and O–H groups in total. The Hall–Kier alpha value is -2.93. The van der Waals surface area contributed by atoms with Crippen LogP contribution in [0.3, 0.4) is 0 Å². The number of carbonyl (C=O) groups is 1. The van der Waals surface area contributed by atoms with Crippen molar-refractivity contribution in [1.82, 2.24) is 14.6 Å². The topological polar surface area (TPSA) is 117 Å². The Morgan fingerprint density at radius 2 is 1.84 bits per heavy atom. The lowest BCUT2D eigenvalue weighted by Gasteiger charge is -2.31. The highest BCUT2D eigenvalue weighted by atomic mass is 32.2. The molecule has 38 heavy (non-hydrogen) atoms. The van der Waals surface area contributed by atoms with Gasteiger partial charge in [-0.3, -0.25) is 4.79 Å². The zero-order chi connectivity index (χ0) is 27.3. The van der Waals surface area contributed by atoms with Crippen LogP contribution in [0.15, 0.2) is 42.5 Å². The molecule has 1 aliphatic heterocycles. The van der Waals surface area contributed by atoms with Gasteiger partial charge in [0.25, 0.3) is 0 Å². The number of nitrogen functional groups attached to an aromatic ring is 1. The van der Waals surface area contributed by atoms with Crippen LogP contribution >= 0.6 is 11.3 Å². The van der Waals surface area contributed by atoms with Gasteiger partial charge in [-0.1, -0.05) is 47.2 Å². The van der Waals surface area contributed by atoms with E-state index < -0.39 is 33.0 Å². The summed E-state index contributed by atoms with van der Waals surface area (Å²) in [4.78, 5) is 16.8. The van der Waals surface area contributed by atoms with Gasteiger partial charge in [-0.15, -0.1) is 0 Å². The maximum atomic E-state index is 14.0. The molecular weight excluding hydrogens is 532 g/mol. The van der Waals surface area contributed by atoms with Crippen LogP contribution in [-0.2, 0) is 16.6 Å². The molecule has 1 saturated heterocycles. The summed E-state index contributed by atoms with van der Waals surface area (Å²) < 4.78 is 55.2. The number of ketones is 1. The van der Waals surface area contributed by atoms with Crippen molar-refractivity contribution in [3.8, 4) is 0 Å². The monoisotopic (exact) mass is 563 g/mol. The summed E-state index contributed by atoms with van der Waals surface area (Å²) in [6, 6.07) is 11.3. The minimum Gasteiger partial charge on any atom is -0.382 e. The molecule has 4 rings (SSSR count). The summed E-state index contributed by atoms with van der Waals surface area (Å²) in [6.07, 6.45) is 1.62. The van der Waals surface area contributed by atoms with E-state index in [4.69, 9.17) is 5.73 Å². The van der Waals surface area contributed by atoms with Gasteiger partial charge in [-0.25, -0.2) is 26.5 Å². The molecule has 0 unspecified atom stereocenters. The molecule has 0 amide bonds. The lowest BCUT2D eigenvalue weighted by molar-refractivity contribution is 0.103. The quantitative estimate of drug-likeness (QED) is 0.239. The molecule has 8 nitrogen and oxygen atoms in total. The largest absolute Gasteiger partial charge is 0.382 e. The Kier molecular flexibility index (Phi) is 9.08. The van der Waals surface area contributed by atoms with Gasteiger partial charge in [-0.2, -0.15) is 0 Å². The van der Waals surface area contributed by atoms with Gasteiger partial charge < -0.3 is 16.4 Å². The summed E-state index contributed by atoms with van der Waals surface area (Å²) in [5, 5.41) is 6.83. The summed E-state index contributed by atoms with van der Waals surface area (Å²) in [5.41, 5.74) is 7.56. The molecule has 2 heterocycles. The Labute approximate surface area is 225 Å². The van der Waals surface area contributed by atoms with E-state index >= 15 is 0 Å². The molecule has 12 heteroatoms. The molecule has 1 aromatic heterocycles. The van der Waals surface area contributed by atoms with E-state index in [0.29, 0.717) is 50.6 Å². The van der Waals surface area contributed by atoms with E-state index in [-0.39, 0.29) is 22.5 Å². The second kappa shape index (κ2) is 12.3. The third-order valence-corrected chi connectivity index (χ3v) is 9.35. The van der Waals surface area contributed by atoms with Crippen LogP contribution in [0.2, 0.25) is 0 Å². The Morgan fingerprint density at radius 3 is 2.53 bits per heavy atom. The number of thiazole rings is 1. The number of hydrogen-bond donors (Lipinski definition) is 3. The van der Waals surface area contributed by atoms with Crippen molar-refractivity contribution in [3.63, 3.8) is 0 Å². The van der Waals surface area contributed by atoms with Gasteiger partial charge in [0.15, 0.2) is 5.13 Å². The molecule has 0 spiro atoms.